The molecule has 6 rings (SSSR count). The number of hydrogen-bond donors (Lipinski definition) is 4. The van der Waals surface area contributed by atoms with Gasteiger partial charge in [-0.3, -0.25) is 4.79 Å². The van der Waals surface area contributed by atoms with E-state index in [0.29, 0.717) is 48.4 Å². The molecule has 0 amide bonds. The van der Waals surface area contributed by atoms with Crippen LogP contribution in [-0.2, 0) is 16.3 Å². The fraction of sp³-hybridized carbons (Fsp3) is 0.200. The number of carbonyl (C=O) groups is 1. The highest BCUT2D eigenvalue weighted by molar-refractivity contribution is 7.90. The first-order chi connectivity index (χ1) is 20.8. The highest BCUT2D eigenvalue weighted by Gasteiger charge is 2.23. The number of fused-ring (bicyclic) bond motifs is 1. The Balaban J connectivity index is 1.20. The number of ether oxygens (including phenoxy) is 2. The van der Waals surface area contributed by atoms with Crippen LogP contribution in [0, 0.1) is 18.6 Å². The molecule has 1 saturated heterocycles. The molecule has 0 spiro atoms. The largest absolute Gasteiger partial charge is 0.574 e. The summed E-state index contributed by atoms with van der Waals surface area (Å²) >= 11 is -1.72. The molecule has 0 radical (unpaired) electrons. The summed E-state index contributed by atoms with van der Waals surface area (Å²) in [7, 11) is 0. The van der Waals surface area contributed by atoms with Crippen LogP contribution in [0.25, 0.3) is 16.6 Å². The van der Waals surface area contributed by atoms with E-state index in [2.05, 4.69) is 19.5 Å². The first-order valence-corrected chi connectivity index (χ1v) is 14.7. The number of anilines is 2. The first kappa shape index (κ1) is 28.7. The number of aryl methyl sites for hydroxylation is 1. The summed E-state index contributed by atoms with van der Waals surface area (Å²) < 4.78 is 59.4. The van der Waals surface area contributed by atoms with E-state index in [-0.39, 0.29) is 34.6 Å². The van der Waals surface area contributed by atoms with Gasteiger partial charge in [-0.1, -0.05) is 12.1 Å². The van der Waals surface area contributed by atoms with Crippen LogP contribution in [0.15, 0.2) is 66.9 Å². The summed E-state index contributed by atoms with van der Waals surface area (Å²) in [4.78, 5) is 16.4. The van der Waals surface area contributed by atoms with E-state index in [1.165, 1.54) is 41.2 Å². The standard InChI is InChI=1S/C30H28F2N6O4S/c1-17-12-20(42-28-5-3-2-4-22(28)31)6-7-27(17)38-30(33)21(16-34-38)29(39)26-14-18-13-23(32)25(15-24(18)35-26)37-43(40)36-19-8-10-41-11-9-19/h2-7,12-16,19,35-37H,8-11,33H2,1H3. The molecule has 0 bridgehead atoms. The van der Waals surface area contributed by atoms with Crippen molar-refractivity contribution in [2.75, 3.05) is 23.7 Å². The quantitative estimate of drug-likeness (QED) is 0.131. The predicted molar refractivity (Wildman–Crippen MR) is 160 cm³/mol. The second-order valence-electron chi connectivity index (χ2n) is 10.1. The molecule has 1 fully saturated rings. The maximum Gasteiger partial charge on any atom is 0.214 e. The van der Waals surface area contributed by atoms with Crippen molar-refractivity contribution in [2.24, 2.45) is 0 Å². The van der Waals surface area contributed by atoms with E-state index >= 15 is 0 Å². The van der Waals surface area contributed by atoms with Crippen molar-refractivity contribution in [3.63, 3.8) is 0 Å². The van der Waals surface area contributed by atoms with Gasteiger partial charge >= 0.3 is 0 Å². The molecule has 10 nitrogen and oxygen atoms in total. The van der Waals surface area contributed by atoms with E-state index < -0.39 is 29.0 Å². The Bertz CT molecular complexity index is 1800. The van der Waals surface area contributed by atoms with E-state index in [9.17, 15) is 18.1 Å². The maximum absolute atomic E-state index is 14.9. The molecule has 1 aliphatic heterocycles. The minimum Gasteiger partial charge on any atom is -0.574 e. The molecular weight excluding hydrogens is 578 g/mol. The minimum absolute atomic E-state index is 0.00360. The number of rotatable bonds is 9. The van der Waals surface area contributed by atoms with Gasteiger partial charge in [-0.25, -0.2) is 13.5 Å². The number of H-pyrrole nitrogens is 1. The second kappa shape index (κ2) is 12.1. The summed E-state index contributed by atoms with van der Waals surface area (Å²) in [6, 6.07) is 15.4. The molecule has 1 unspecified atom stereocenters. The fourth-order valence-corrected chi connectivity index (χ4v) is 5.86. The number of para-hydroxylation sites is 1. The van der Waals surface area contributed by atoms with Crippen LogP contribution in [0.2, 0.25) is 0 Å². The third-order valence-electron chi connectivity index (χ3n) is 7.16. The molecule has 5 aromatic rings. The number of halogens is 2. The van der Waals surface area contributed by atoms with Crippen molar-refractivity contribution < 1.29 is 27.6 Å². The Morgan fingerprint density at radius 2 is 1.93 bits per heavy atom. The lowest BCUT2D eigenvalue weighted by Gasteiger charge is -2.23. The van der Waals surface area contributed by atoms with E-state index in [4.69, 9.17) is 15.2 Å². The van der Waals surface area contributed by atoms with Gasteiger partial charge in [0.15, 0.2) is 28.9 Å². The molecule has 0 aliphatic carbocycles. The lowest BCUT2D eigenvalue weighted by molar-refractivity contribution is 0.0832. The van der Waals surface area contributed by atoms with Crippen molar-refractivity contribution >= 4 is 39.7 Å². The van der Waals surface area contributed by atoms with Crippen LogP contribution in [-0.4, -0.2) is 44.4 Å². The summed E-state index contributed by atoms with van der Waals surface area (Å²) in [6.07, 6.45) is 2.79. The molecule has 222 valence electrons. The van der Waals surface area contributed by atoms with Crippen molar-refractivity contribution in [2.45, 2.75) is 25.8 Å². The Hall–Kier alpha value is -4.43. The third-order valence-corrected chi connectivity index (χ3v) is 8.12. The lowest BCUT2D eigenvalue weighted by atomic mass is 10.1. The van der Waals surface area contributed by atoms with Crippen molar-refractivity contribution in [1.82, 2.24) is 19.5 Å². The van der Waals surface area contributed by atoms with Gasteiger partial charge in [-0.05, 0) is 73.9 Å². The number of aromatic amines is 1. The lowest BCUT2D eigenvalue weighted by Crippen LogP contribution is -2.41. The van der Waals surface area contributed by atoms with Crippen LogP contribution in [0.4, 0.5) is 20.3 Å². The van der Waals surface area contributed by atoms with Gasteiger partial charge < -0.3 is 24.7 Å². The SMILES string of the molecule is Cc1cc(Oc2ccccc2F)ccc1-n1ncc(C(=O)c2cc3cc(F)c(N[S+]([O-])NC4CCOCC4)cc3[nH]2)c1N. The van der Waals surface area contributed by atoms with Gasteiger partial charge in [-0.15, -0.1) is 4.72 Å². The van der Waals surface area contributed by atoms with E-state index in [1.807, 2.05) is 6.92 Å². The summed E-state index contributed by atoms with van der Waals surface area (Å²) in [5, 5.41) is 4.78. The van der Waals surface area contributed by atoms with Gasteiger partial charge in [0.1, 0.15) is 17.3 Å². The first-order valence-electron chi connectivity index (χ1n) is 13.5. The van der Waals surface area contributed by atoms with Crippen LogP contribution >= 0.6 is 0 Å². The summed E-state index contributed by atoms with van der Waals surface area (Å²) in [5.74, 6) is -0.890. The zero-order chi connectivity index (χ0) is 30.1. The normalized spacial score (nSPS) is 14.6. The maximum atomic E-state index is 14.9. The van der Waals surface area contributed by atoms with Gasteiger partial charge in [0.25, 0.3) is 0 Å². The number of nitrogens with two attached hydrogens (primary N) is 1. The van der Waals surface area contributed by atoms with Crippen molar-refractivity contribution in [1.29, 1.82) is 0 Å². The van der Waals surface area contributed by atoms with Crippen molar-refractivity contribution in [3.05, 3.63) is 95.3 Å². The van der Waals surface area contributed by atoms with Gasteiger partial charge in [0.2, 0.25) is 5.78 Å². The number of nitrogens with one attached hydrogen (secondary N) is 3. The predicted octanol–water partition coefficient (Wildman–Crippen LogP) is 5.30. The molecule has 43 heavy (non-hydrogen) atoms. The molecule has 3 aromatic carbocycles. The molecule has 2 aromatic heterocycles. The zero-order valence-corrected chi connectivity index (χ0v) is 23.8. The Kier molecular flexibility index (Phi) is 8.04. The summed E-state index contributed by atoms with van der Waals surface area (Å²) in [5.41, 5.74) is 8.53. The molecule has 13 heteroatoms. The number of hydrogen-bond acceptors (Lipinski definition) is 8. The topological polar surface area (TPSA) is 142 Å². The van der Waals surface area contributed by atoms with Gasteiger partial charge in [0.05, 0.1) is 29.2 Å². The molecule has 1 aliphatic rings. The molecule has 5 N–H and O–H groups in total. The average molecular weight is 607 g/mol. The fourth-order valence-electron chi connectivity index (χ4n) is 4.90. The molecule has 3 heterocycles. The minimum atomic E-state index is -1.72. The highest BCUT2D eigenvalue weighted by Crippen LogP contribution is 2.30. The second-order valence-corrected chi connectivity index (χ2v) is 11.1. The molecular formula is C30H28F2N6O4S. The smallest absolute Gasteiger partial charge is 0.214 e. The Morgan fingerprint density at radius 3 is 2.70 bits per heavy atom. The van der Waals surface area contributed by atoms with Crippen LogP contribution in [0.1, 0.15) is 34.5 Å². The van der Waals surface area contributed by atoms with Crippen LogP contribution < -0.4 is 19.9 Å². The number of benzene rings is 3. The van der Waals surface area contributed by atoms with Crippen LogP contribution in [0.3, 0.4) is 0 Å². The van der Waals surface area contributed by atoms with Crippen molar-refractivity contribution in [3.8, 4) is 17.2 Å². The number of ketones is 1. The van der Waals surface area contributed by atoms with E-state index in [0.717, 1.165) is 5.56 Å². The van der Waals surface area contributed by atoms with E-state index in [1.54, 1.807) is 30.3 Å². The summed E-state index contributed by atoms with van der Waals surface area (Å²) in [6.45, 7) is 2.97. The Morgan fingerprint density at radius 1 is 1.14 bits per heavy atom. The monoisotopic (exact) mass is 606 g/mol. The highest BCUT2D eigenvalue weighted by atomic mass is 32.2. The zero-order valence-electron chi connectivity index (χ0n) is 23.0. The number of carbonyl (C=O) groups excluding carboxylic acids is 1. The van der Waals surface area contributed by atoms with Gasteiger partial charge in [0, 0.05) is 24.1 Å². The molecule has 1 atom stereocenters. The molecule has 0 saturated carbocycles. The Labute approximate surface area is 248 Å². The third kappa shape index (κ3) is 6.06. The number of aromatic nitrogens is 3. The van der Waals surface area contributed by atoms with Crippen LogP contribution in [0.5, 0.6) is 11.5 Å². The average Bonchev–Trinajstić information content (AvgIpc) is 3.57. The number of nitrogen functional groups attached to an aromatic ring is 1. The number of nitrogens with zero attached hydrogens (tertiary/aromatic N) is 2. The van der Waals surface area contributed by atoms with Gasteiger partial charge in [-0.2, -0.15) is 9.82 Å².